The molecule has 0 unspecified atom stereocenters. The lowest BCUT2D eigenvalue weighted by Gasteiger charge is -2.07. The van der Waals surface area contributed by atoms with E-state index in [4.69, 9.17) is 4.74 Å². The van der Waals surface area contributed by atoms with Gasteiger partial charge in [0.2, 0.25) is 10.0 Å². The van der Waals surface area contributed by atoms with E-state index in [-0.39, 0.29) is 6.54 Å². The van der Waals surface area contributed by atoms with Crippen molar-refractivity contribution in [1.29, 1.82) is 0 Å². The standard InChI is InChI=1S/C12H19NO3S/c1-3-4-11-5-7-12(8-6-11)17(14,15)13-9-10-16-2/h5-8,13H,3-4,9-10H2,1-2H3. The van der Waals surface area contributed by atoms with E-state index >= 15 is 0 Å². The molecular weight excluding hydrogens is 238 g/mol. The summed E-state index contributed by atoms with van der Waals surface area (Å²) in [5, 5.41) is 0. The predicted molar refractivity (Wildman–Crippen MR) is 67.5 cm³/mol. The van der Waals surface area contributed by atoms with Crippen molar-refractivity contribution < 1.29 is 13.2 Å². The molecule has 0 aliphatic carbocycles. The lowest BCUT2D eigenvalue weighted by Crippen LogP contribution is -2.27. The molecule has 1 rings (SSSR count). The average molecular weight is 257 g/mol. The van der Waals surface area contributed by atoms with E-state index in [1.807, 2.05) is 12.1 Å². The molecule has 5 heteroatoms. The van der Waals surface area contributed by atoms with Crippen molar-refractivity contribution >= 4 is 10.0 Å². The Kier molecular flexibility index (Phi) is 5.61. The van der Waals surface area contributed by atoms with Crippen molar-refractivity contribution in [3.05, 3.63) is 29.8 Å². The van der Waals surface area contributed by atoms with Crippen molar-refractivity contribution in [3.8, 4) is 0 Å². The van der Waals surface area contributed by atoms with Crippen molar-refractivity contribution in [1.82, 2.24) is 4.72 Å². The van der Waals surface area contributed by atoms with Gasteiger partial charge in [0.25, 0.3) is 0 Å². The molecular formula is C12H19NO3S. The van der Waals surface area contributed by atoms with Crippen molar-refractivity contribution in [3.63, 3.8) is 0 Å². The van der Waals surface area contributed by atoms with Crippen LogP contribution in [0.15, 0.2) is 29.2 Å². The van der Waals surface area contributed by atoms with E-state index < -0.39 is 10.0 Å². The zero-order chi connectivity index (χ0) is 12.7. The third kappa shape index (κ3) is 4.46. The summed E-state index contributed by atoms with van der Waals surface area (Å²) in [6.45, 7) is 2.75. The van der Waals surface area contributed by atoms with E-state index in [9.17, 15) is 8.42 Å². The second kappa shape index (κ2) is 6.74. The Balaban J connectivity index is 2.71. The Morgan fingerprint density at radius 3 is 2.41 bits per heavy atom. The van der Waals surface area contributed by atoms with Crippen LogP contribution in [0.5, 0.6) is 0 Å². The summed E-state index contributed by atoms with van der Waals surface area (Å²) in [4.78, 5) is 0.299. The molecule has 0 radical (unpaired) electrons. The molecule has 0 spiro atoms. The zero-order valence-electron chi connectivity index (χ0n) is 10.3. The molecule has 0 amide bonds. The Bertz CT molecular complexity index is 426. The number of nitrogens with one attached hydrogen (secondary N) is 1. The van der Waals surface area contributed by atoms with Gasteiger partial charge in [-0.2, -0.15) is 0 Å². The molecule has 1 aromatic carbocycles. The van der Waals surface area contributed by atoms with E-state index in [0.29, 0.717) is 11.5 Å². The molecule has 0 saturated heterocycles. The van der Waals surface area contributed by atoms with Gasteiger partial charge in [-0.15, -0.1) is 0 Å². The molecule has 0 saturated carbocycles. The molecule has 0 aromatic heterocycles. The summed E-state index contributed by atoms with van der Waals surface area (Å²) < 4.78 is 30.9. The molecule has 96 valence electrons. The molecule has 0 heterocycles. The predicted octanol–water partition coefficient (Wildman–Crippen LogP) is 1.56. The number of methoxy groups -OCH3 is 1. The van der Waals surface area contributed by atoms with E-state index in [2.05, 4.69) is 11.6 Å². The molecule has 1 aromatic rings. The highest BCUT2D eigenvalue weighted by Gasteiger charge is 2.12. The van der Waals surface area contributed by atoms with Crippen LogP contribution >= 0.6 is 0 Å². The number of sulfonamides is 1. The Hall–Kier alpha value is -0.910. The molecule has 0 fully saturated rings. The van der Waals surface area contributed by atoms with E-state index in [1.54, 1.807) is 12.1 Å². The normalized spacial score (nSPS) is 11.6. The SMILES string of the molecule is CCCc1ccc(S(=O)(=O)NCCOC)cc1. The number of hydrogen-bond acceptors (Lipinski definition) is 3. The first-order valence-electron chi connectivity index (χ1n) is 5.67. The van der Waals surface area contributed by atoms with Crippen LogP contribution in [0.2, 0.25) is 0 Å². The molecule has 0 aliphatic heterocycles. The summed E-state index contributed by atoms with van der Waals surface area (Å²) in [6, 6.07) is 6.99. The summed E-state index contributed by atoms with van der Waals surface area (Å²) >= 11 is 0. The van der Waals surface area contributed by atoms with Gasteiger partial charge in [0.1, 0.15) is 0 Å². The van der Waals surface area contributed by atoms with Crippen LogP contribution in [0.25, 0.3) is 0 Å². The molecule has 1 N–H and O–H groups in total. The average Bonchev–Trinajstić information content (AvgIpc) is 2.30. The lowest BCUT2D eigenvalue weighted by molar-refractivity contribution is 0.204. The zero-order valence-corrected chi connectivity index (χ0v) is 11.1. The van der Waals surface area contributed by atoms with E-state index in [0.717, 1.165) is 18.4 Å². The van der Waals surface area contributed by atoms with Crippen LogP contribution in [0.4, 0.5) is 0 Å². The van der Waals surface area contributed by atoms with Crippen LogP contribution in [-0.2, 0) is 21.2 Å². The molecule has 0 atom stereocenters. The van der Waals surface area contributed by atoms with E-state index in [1.165, 1.54) is 7.11 Å². The second-order valence-electron chi connectivity index (χ2n) is 3.78. The molecule has 17 heavy (non-hydrogen) atoms. The largest absolute Gasteiger partial charge is 0.383 e. The van der Waals surface area contributed by atoms with Gasteiger partial charge in [0, 0.05) is 13.7 Å². The van der Waals surface area contributed by atoms with Gasteiger partial charge in [0.05, 0.1) is 11.5 Å². The van der Waals surface area contributed by atoms with Crippen LogP contribution in [0, 0.1) is 0 Å². The maximum absolute atomic E-state index is 11.8. The smallest absolute Gasteiger partial charge is 0.240 e. The minimum Gasteiger partial charge on any atom is -0.383 e. The highest BCUT2D eigenvalue weighted by atomic mass is 32.2. The number of ether oxygens (including phenoxy) is 1. The van der Waals surface area contributed by atoms with Gasteiger partial charge >= 0.3 is 0 Å². The third-order valence-electron chi connectivity index (χ3n) is 2.37. The van der Waals surface area contributed by atoms with Crippen molar-refractivity contribution in [2.24, 2.45) is 0 Å². The first kappa shape index (κ1) is 14.2. The number of aryl methyl sites for hydroxylation is 1. The number of hydrogen-bond donors (Lipinski definition) is 1. The summed E-state index contributed by atoms with van der Waals surface area (Å²) in [6.07, 6.45) is 2.02. The fraction of sp³-hybridized carbons (Fsp3) is 0.500. The fourth-order valence-corrected chi connectivity index (χ4v) is 2.50. The number of benzene rings is 1. The van der Waals surface area contributed by atoms with Crippen molar-refractivity contribution in [2.45, 2.75) is 24.7 Å². The third-order valence-corrected chi connectivity index (χ3v) is 3.85. The van der Waals surface area contributed by atoms with Gasteiger partial charge in [-0.05, 0) is 24.1 Å². The Morgan fingerprint density at radius 2 is 1.88 bits per heavy atom. The highest BCUT2D eigenvalue weighted by Crippen LogP contribution is 2.11. The van der Waals surface area contributed by atoms with Gasteiger partial charge in [-0.25, -0.2) is 13.1 Å². The summed E-state index contributed by atoms with van der Waals surface area (Å²) in [5.74, 6) is 0. The second-order valence-corrected chi connectivity index (χ2v) is 5.55. The maximum Gasteiger partial charge on any atom is 0.240 e. The highest BCUT2D eigenvalue weighted by molar-refractivity contribution is 7.89. The Labute approximate surface area is 103 Å². The van der Waals surface area contributed by atoms with Crippen LogP contribution in [-0.4, -0.2) is 28.7 Å². The summed E-state index contributed by atoms with van der Waals surface area (Å²) in [7, 11) is -1.86. The fourth-order valence-electron chi connectivity index (χ4n) is 1.49. The van der Waals surface area contributed by atoms with Crippen molar-refractivity contribution in [2.75, 3.05) is 20.3 Å². The molecule has 0 aliphatic rings. The van der Waals surface area contributed by atoms with Crippen LogP contribution in [0.3, 0.4) is 0 Å². The maximum atomic E-state index is 11.8. The topological polar surface area (TPSA) is 55.4 Å². The molecule has 0 bridgehead atoms. The first-order chi connectivity index (χ1) is 8.10. The monoisotopic (exact) mass is 257 g/mol. The minimum atomic E-state index is -3.39. The first-order valence-corrected chi connectivity index (χ1v) is 7.16. The van der Waals surface area contributed by atoms with Crippen LogP contribution < -0.4 is 4.72 Å². The summed E-state index contributed by atoms with van der Waals surface area (Å²) in [5.41, 5.74) is 1.16. The quantitative estimate of drug-likeness (QED) is 0.754. The number of rotatable bonds is 7. The van der Waals surface area contributed by atoms with Gasteiger partial charge < -0.3 is 4.74 Å². The van der Waals surface area contributed by atoms with Gasteiger partial charge in [-0.1, -0.05) is 25.5 Å². The van der Waals surface area contributed by atoms with Gasteiger partial charge in [-0.3, -0.25) is 0 Å². The Morgan fingerprint density at radius 1 is 1.24 bits per heavy atom. The van der Waals surface area contributed by atoms with Gasteiger partial charge in [0.15, 0.2) is 0 Å². The lowest BCUT2D eigenvalue weighted by atomic mass is 10.1. The molecule has 4 nitrogen and oxygen atoms in total. The van der Waals surface area contributed by atoms with Crippen LogP contribution in [0.1, 0.15) is 18.9 Å². The minimum absolute atomic E-state index is 0.287.